The normalized spacial score (nSPS) is 15.1. The average Bonchev–Trinajstić information content (AvgIpc) is 3.36. The number of halogens is 3. The number of carboxylic acid groups (broad SMARTS) is 1. The molecule has 0 bridgehead atoms. The lowest BCUT2D eigenvalue weighted by atomic mass is 10.2. The summed E-state index contributed by atoms with van der Waals surface area (Å²) in [6.07, 6.45) is 7.38. The molecular formula is C26H29F3N6O3. The van der Waals surface area contributed by atoms with Gasteiger partial charge in [0, 0.05) is 62.6 Å². The maximum Gasteiger partial charge on any atom is 0.490 e. The topological polar surface area (TPSA) is 104 Å². The van der Waals surface area contributed by atoms with Crippen molar-refractivity contribution in [3.05, 3.63) is 60.4 Å². The third kappa shape index (κ3) is 7.08. The van der Waals surface area contributed by atoms with E-state index in [-0.39, 0.29) is 5.91 Å². The summed E-state index contributed by atoms with van der Waals surface area (Å²) < 4.78 is 33.8. The number of hydrogen-bond donors (Lipinski definition) is 1. The first-order valence-corrected chi connectivity index (χ1v) is 12.3. The maximum absolute atomic E-state index is 13.3. The number of aliphatic carboxylic acids is 1. The van der Waals surface area contributed by atoms with Crippen molar-refractivity contribution in [1.29, 1.82) is 0 Å². The molecule has 1 saturated carbocycles. The van der Waals surface area contributed by atoms with Gasteiger partial charge >= 0.3 is 12.1 Å². The van der Waals surface area contributed by atoms with Gasteiger partial charge in [0.25, 0.3) is 5.91 Å². The lowest BCUT2D eigenvalue weighted by Gasteiger charge is -2.18. The number of carboxylic acids is 1. The van der Waals surface area contributed by atoms with Gasteiger partial charge in [-0.1, -0.05) is 6.07 Å². The number of anilines is 1. The number of alkyl halides is 3. The fourth-order valence-electron chi connectivity index (χ4n) is 4.13. The van der Waals surface area contributed by atoms with E-state index in [9.17, 15) is 18.0 Å². The van der Waals surface area contributed by atoms with Gasteiger partial charge in [-0.15, -0.1) is 0 Å². The molecule has 12 heteroatoms. The van der Waals surface area contributed by atoms with Gasteiger partial charge in [0.1, 0.15) is 5.69 Å². The third-order valence-corrected chi connectivity index (χ3v) is 6.34. The molecule has 202 valence electrons. The molecule has 38 heavy (non-hydrogen) atoms. The van der Waals surface area contributed by atoms with Gasteiger partial charge < -0.3 is 19.5 Å². The van der Waals surface area contributed by atoms with Crippen LogP contribution in [-0.2, 0) is 17.9 Å². The Kier molecular flexibility index (Phi) is 8.28. The summed E-state index contributed by atoms with van der Waals surface area (Å²) in [4.78, 5) is 39.7. The van der Waals surface area contributed by atoms with Gasteiger partial charge in [0.05, 0.1) is 12.2 Å². The average molecular weight is 531 g/mol. The van der Waals surface area contributed by atoms with E-state index in [2.05, 4.69) is 30.6 Å². The first-order chi connectivity index (χ1) is 18.1. The van der Waals surface area contributed by atoms with E-state index >= 15 is 0 Å². The summed E-state index contributed by atoms with van der Waals surface area (Å²) in [5.74, 6) is -1.29. The smallest absolute Gasteiger partial charge is 0.475 e. The molecule has 0 atom stereocenters. The van der Waals surface area contributed by atoms with Crippen LogP contribution in [0.3, 0.4) is 0 Å². The molecule has 1 saturated heterocycles. The van der Waals surface area contributed by atoms with E-state index in [0.29, 0.717) is 18.2 Å². The Bertz CT molecular complexity index is 1240. The van der Waals surface area contributed by atoms with Crippen LogP contribution >= 0.6 is 0 Å². The fourth-order valence-corrected chi connectivity index (χ4v) is 4.13. The van der Waals surface area contributed by atoms with Gasteiger partial charge in [-0.2, -0.15) is 13.2 Å². The van der Waals surface area contributed by atoms with Crippen LogP contribution in [0.4, 0.5) is 19.1 Å². The van der Waals surface area contributed by atoms with E-state index in [1.807, 2.05) is 43.7 Å². The van der Waals surface area contributed by atoms with Crippen molar-refractivity contribution in [2.24, 2.45) is 5.92 Å². The van der Waals surface area contributed by atoms with Crippen LogP contribution in [0.25, 0.3) is 11.1 Å². The number of rotatable bonds is 7. The molecule has 2 fully saturated rings. The number of carbonyl (C=O) groups is 2. The van der Waals surface area contributed by atoms with Gasteiger partial charge in [-0.25, -0.2) is 14.8 Å². The molecule has 2 aliphatic rings. The van der Waals surface area contributed by atoms with Crippen molar-refractivity contribution in [1.82, 2.24) is 24.4 Å². The van der Waals surface area contributed by atoms with E-state index < -0.39 is 12.1 Å². The lowest BCUT2D eigenvalue weighted by Crippen LogP contribution is -2.28. The Hall–Kier alpha value is -3.96. The highest BCUT2D eigenvalue weighted by atomic mass is 19.4. The van der Waals surface area contributed by atoms with Gasteiger partial charge in [-0.3, -0.25) is 9.78 Å². The molecule has 4 heterocycles. The molecule has 5 rings (SSSR count). The highest BCUT2D eigenvalue weighted by molar-refractivity contribution is 5.94. The molecule has 9 nitrogen and oxygen atoms in total. The standard InChI is InChI=1S/C24H28N6O.C2HF3O2/c1-28(17-21-6-2-3-9-25-21)23(31)22-12-19(16-30(22)15-18-7-8-18)20-13-26-24(27-14-20)29-10-4-5-11-29;3-2(4,5)1(6)7/h2-3,6,9,12-14,16,18H,4-5,7-8,10-11,15,17H2,1H3;(H,6,7). The molecule has 3 aromatic heterocycles. The van der Waals surface area contributed by atoms with Gasteiger partial charge in [0.2, 0.25) is 5.95 Å². The van der Waals surface area contributed by atoms with Crippen molar-refractivity contribution >= 4 is 17.8 Å². The Balaban J connectivity index is 0.000000426. The first-order valence-electron chi connectivity index (χ1n) is 12.3. The minimum absolute atomic E-state index is 0.00663. The van der Waals surface area contributed by atoms with E-state index in [4.69, 9.17) is 9.90 Å². The monoisotopic (exact) mass is 530 g/mol. The molecular weight excluding hydrogens is 501 g/mol. The van der Waals surface area contributed by atoms with Crippen molar-refractivity contribution < 1.29 is 27.9 Å². The number of aromatic nitrogens is 4. The zero-order chi connectivity index (χ0) is 27.3. The number of amides is 1. The Labute approximate surface area is 217 Å². The number of hydrogen-bond acceptors (Lipinski definition) is 6. The predicted molar refractivity (Wildman–Crippen MR) is 133 cm³/mol. The highest BCUT2D eigenvalue weighted by Gasteiger charge is 2.38. The Morgan fingerprint density at radius 2 is 1.74 bits per heavy atom. The number of nitrogens with zero attached hydrogens (tertiary/aromatic N) is 6. The summed E-state index contributed by atoms with van der Waals surface area (Å²) in [5.41, 5.74) is 3.52. The van der Waals surface area contributed by atoms with Gasteiger partial charge in [0.15, 0.2) is 0 Å². The minimum Gasteiger partial charge on any atom is -0.475 e. The van der Waals surface area contributed by atoms with Gasteiger partial charge in [-0.05, 0) is 49.8 Å². The van der Waals surface area contributed by atoms with E-state index in [0.717, 1.165) is 42.4 Å². The summed E-state index contributed by atoms with van der Waals surface area (Å²) >= 11 is 0. The largest absolute Gasteiger partial charge is 0.490 e. The zero-order valence-electron chi connectivity index (χ0n) is 20.9. The molecule has 1 aliphatic carbocycles. The summed E-state index contributed by atoms with van der Waals surface area (Å²) in [6.45, 7) is 3.42. The number of pyridine rings is 1. The summed E-state index contributed by atoms with van der Waals surface area (Å²) in [7, 11) is 1.83. The zero-order valence-corrected chi connectivity index (χ0v) is 20.9. The molecule has 0 spiro atoms. The second kappa shape index (κ2) is 11.6. The Morgan fingerprint density at radius 1 is 1.08 bits per heavy atom. The van der Waals surface area contributed by atoms with Crippen LogP contribution in [0.1, 0.15) is 41.9 Å². The van der Waals surface area contributed by atoms with Crippen LogP contribution in [0.15, 0.2) is 49.1 Å². The first kappa shape index (κ1) is 27.1. The summed E-state index contributed by atoms with van der Waals surface area (Å²) in [6, 6.07) is 7.75. The number of carbonyl (C=O) groups excluding carboxylic acids is 1. The van der Waals surface area contributed by atoms with Crippen molar-refractivity contribution in [3.8, 4) is 11.1 Å². The molecule has 1 N–H and O–H groups in total. The highest BCUT2D eigenvalue weighted by Crippen LogP contribution is 2.33. The maximum atomic E-state index is 13.3. The van der Waals surface area contributed by atoms with Crippen LogP contribution in [0.5, 0.6) is 0 Å². The van der Waals surface area contributed by atoms with Crippen molar-refractivity contribution in [3.63, 3.8) is 0 Å². The molecule has 1 aliphatic heterocycles. The quantitative estimate of drug-likeness (QED) is 0.487. The molecule has 3 aromatic rings. The van der Waals surface area contributed by atoms with Crippen molar-refractivity contribution in [2.75, 3.05) is 25.0 Å². The third-order valence-electron chi connectivity index (χ3n) is 6.34. The lowest BCUT2D eigenvalue weighted by molar-refractivity contribution is -0.192. The van der Waals surface area contributed by atoms with Crippen LogP contribution in [0.2, 0.25) is 0 Å². The van der Waals surface area contributed by atoms with Crippen molar-refractivity contribution in [2.45, 2.75) is 44.9 Å². The second-order valence-electron chi connectivity index (χ2n) is 9.46. The molecule has 0 unspecified atom stereocenters. The second-order valence-corrected chi connectivity index (χ2v) is 9.46. The molecule has 0 radical (unpaired) electrons. The van der Waals surface area contributed by atoms with Crippen LogP contribution in [0, 0.1) is 5.92 Å². The summed E-state index contributed by atoms with van der Waals surface area (Å²) in [5, 5.41) is 7.12. The fraction of sp³-hybridized carbons (Fsp3) is 0.423. The van der Waals surface area contributed by atoms with E-state index in [1.165, 1.54) is 25.7 Å². The molecule has 1 amide bonds. The molecule has 0 aromatic carbocycles. The van der Waals surface area contributed by atoms with E-state index in [1.54, 1.807) is 11.1 Å². The Morgan fingerprint density at radius 3 is 2.29 bits per heavy atom. The predicted octanol–water partition coefficient (Wildman–Crippen LogP) is 4.26. The SMILES string of the molecule is CN(Cc1ccccn1)C(=O)c1cc(-c2cnc(N3CCCC3)nc2)cn1CC1CC1.O=C(O)C(F)(F)F. The van der Waals surface area contributed by atoms with Crippen LogP contribution < -0.4 is 4.90 Å². The van der Waals surface area contributed by atoms with Crippen LogP contribution in [-0.4, -0.2) is 67.7 Å². The minimum atomic E-state index is -5.08.